The van der Waals surface area contributed by atoms with Gasteiger partial charge in [0.15, 0.2) is 5.96 Å². The lowest BCUT2D eigenvalue weighted by Gasteiger charge is -2.22. The van der Waals surface area contributed by atoms with Gasteiger partial charge in [0.05, 0.1) is 6.61 Å². The Bertz CT molecular complexity index is 499. The molecule has 0 aliphatic carbocycles. The fourth-order valence-electron chi connectivity index (χ4n) is 2.43. The maximum Gasteiger partial charge on any atom is 0.193 e. The van der Waals surface area contributed by atoms with Crippen LogP contribution in [0.5, 0.6) is 0 Å². The summed E-state index contributed by atoms with van der Waals surface area (Å²) in [6, 6.07) is 8.73. The molecule has 0 bridgehead atoms. The average Bonchev–Trinajstić information content (AvgIpc) is 2.63. The molecule has 0 radical (unpaired) electrons. The quantitative estimate of drug-likeness (QED) is 0.168. The molecule has 1 aromatic rings. The molecule has 0 spiro atoms. The molecule has 150 valence electrons. The zero-order chi connectivity index (χ0) is 18.5. The normalized spacial score (nSPS) is 11.4. The molecule has 0 aliphatic rings. The molecule has 0 unspecified atom stereocenters. The fraction of sp³-hybridized carbons (Fsp3) is 0.632. The topological polar surface area (TPSA) is 40.1 Å². The van der Waals surface area contributed by atoms with Gasteiger partial charge in [0.2, 0.25) is 0 Å². The third kappa shape index (κ3) is 10.6. The SMILES string of the molecule is CCNC(=NCCCN(C)CCOC)N(C)Cc1ccc(SC)cc1.I. The molecule has 0 heterocycles. The van der Waals surface area contributed by atoms with E-state index in [1.54, 1.807) is 18.9 Å². The molecule has 0 saturated heterocycles. The fourth-order valence-corrected chi connectivity index (χ4v) is 2.84. The van der Waals surface area contributed by atoms with Gasteiger partial charge in [0.1, 0.15) is 0 Å². The van der Waals surface area contributed by atoms with Crippen molar-refractivity contribution in [3.63, 3.8) is 0 Å². The number of guanidine groups is 1. The van der Waals surface area contributed by atoms with Crippen molar-refractivity contribution < 1.29 is 4.74 Å². The number of hydrogen-bond acceptors (Lipinski definition) is 4. The van der Waals surface area contributed by atoms with Gasteiger partial charge in [-0.25, -0.2) is 0 Å². The van der Waals surface area contributed by atoms with E-state index in [-0.39, 0.29) is 24.0 Å². The Labute approximate surface area is 181 Å². The van der Waals surface area contributed by atoms with Gasteiger partial charge in [-0.15, -0.1) is 35.7 Å². The van der Waals surface area contributed by atoms with E-state index in [4.69, 9.17) is 9.73 Å². The number of halogens is 1. The van der Waals surface area contributed by atoms with Gasteiger partial charge >= 0.3 is 0 Å². The second-order valence-electron chi connectivity index (χ2n) is 6.09. The van der Waals surface area contributed by atoms with Crippen molar-refractivity contribution in [1.29, 1.82) is 0 Å². The van der Waals surface area contributed by atoms with Crippen LogP contribution >= 0.6 is 35.7 Å². The lowest BCUT2D eigenvalue weighted by atomic mass is 10.2. The van der Waals surface area contributed by atoms with Crippen LogP contribution in [0, 0.1) is 0 Å². The van der Waals surface area contributed by atoms with E-state index in [1.807, 2.05) is 0 Å². The number of aliphatic imine (C=N–C) groups is 1. The highest BCUT2D eigenvalue weighted by Gasteiger charge is 2.06. The molecular formula is C19H35IN4OS. The van der Waals surface area contributed by atoms with Crippen LogP contribution < -0.4 is 5.32 Å². The number of nitrogens with one attached hydrogen (secondary N) is 1. The van der Waals surface area contributed by atoms with Crippen molar-refractivity contribution in [2.45, 2.75) is 24.8 Å². The first-order valence-electron chi connectivity index (χ1n) is 8.90. The minimum absolute atomic E-state index is 0. The minimum atomic E-state index is 0. The van der Waals surface area contributed by atoms with Crippen molar-refractivity contribution in [1.82, 2.24) is 15.1 Å². The summed E-state index contributed by atoms with van der Waals surface area (Å²) in [5.41, 5.74) is 1.30. The summed E-state index contributed by atoms with van der Waals surface area (Å²) in [5.74, 6) is 0.969. The van der Waals surface area contributed by atoms with Gasteiger partial charge in [-0.3, -0.25) is 4.99 Å². The zero-order valence-electron chi connectivity index (χ0n) is 16.8. The van der Waals surface area contributed by atoms with E-state index in [1.165, 1.54) is 10.5 Å². The first-order valence-corrected chi connectivity index (χ1v) is 10.1. The predicted octanol–water partition coefficient (Wildman–Crippen LogP) is 3.39. The van der Waals surface area contributed by atoms with Crippen LogP contribution in [0.2, 0.25) is 0 Å². The lowest BCUT2D eigenvalue weighted by molar-refractivity contribution is 0.161. The maximum absolute atomic E-state index is 5.10. The smallest absolute Gasteiger partial charge is 0.193 e. The number of rotatable bonds is 11. The largest absolute Gasteiger partial charge is 0.383 e. The van der Waals surface area contributed by atoms with Crippen LogP contribution in [0.25, 0.3) is 0 Å². The highest BCUT2D eigenvalue weighted by atomic mass is 127. The Kier molecular flexibility index (Phi) is 15.2. The summed E-state index contributed by atoms with van der Waals surface area (Å²) < 4.78 is 5.10. The van der Waals surface area contributed by atoms with Gasteiger partial charge in [-0.05, 0) is 50.9 Å². The van der Waals surface area contributed by atoms with Crippen molar-refractivity contribution >= 4 is 41.7 Å². The Morgan fingerprint density at radius 3 is 2.46 bits per heavy atom. The van der Waals surface area contributed by atoms with Gasteiger partial charge in [-0.2, -0.15) is 0 Å². The standard InChI is InChI=1S/C19H34N4OS.HI/c1-6-20-19(21-12-7-13-22(2)14-15-24-4)23(3)16-17-8-10-18(25-5)11-9-17;/h8-11H,6-7,12-16H2,1-5H3,(H,20,21);1H. The van der Waals surface area contributed by atoms with E-state index in [2.05, 4.69) is 66.7 Å². The van der Waals surface area contributed by atoms with Gasteiger partial charge in [-0.1, -0.05) is 12.1 Å². The molecule has 5 nitrogen and oxygen atoms in total. The molecule has 0 saturated carbocycles. The predicted molar refractivity (Wildman–Crippen MR) is 125 cm³/mol. The van der Waals surface area contributed by atoms with Crippen molar-refractivity contribution in [2.75, 3.05) is 60.2 Å². The van der Waals surface area contributed by atoms with Crippen molar-refractivity contribution in [2.24, 2.45) is 4.99 Å². The molecule has 7 heteroatoms. The number of hydrogen-bond donors (Lipinski definition) is 1. The van der Waals surface area contributed by atoms with E-state index in [9.17, 15) is 0 Å². The molecule has 1 N–H and O–H groups in total. The molecule has 0 fully saturated rings. The Balaban J connectivity index is 0.00000625. The Morgan fingerprint density at radius 2 is 1.88 bits per heavy atom. The lowest BCUT2D eigenvalue weighted by Crippen LogP contribution is -2.38. The number of benzene rings is 1. The molecule has 1 aromatic carbocycles. The highest BCUT2D eigenvalue weighted by molar-refractivity contribution is 14.0. The summed E-state index contributed by atoms with van der Waals surface area (Å²) in [5, 5.41) is 3.39. The van der Waals surface area contributed by atoms with Crippen LogP contribution in [0.1, 0.15) is 18.9 Å². The van der Waals surface area contributed by atoms with Gasteiger partial charge in [0.25, 0.3) is 0 Å². The second-order valence-corrected chi connectivity index (χ2v) is 6.97. The van der Waals surface area contributed by atoms with Crippen LogP contribution in [0.3, 0.4) is 0 Å². The number of thioether (sulfide) groups is 1. The van der Waals surface area contributed by atoms with E-state index in [0.29, 0.717) is 0 Å². The molecule has 0 amide bonds. The van der Waals surface area contributed by atoms with Crippen LogP contribution in [-0.2, 0) is 11.3 Å². The van der Waals surface area contributed by atoms with Crippen LogP contribution in [0.15, 0.2) is 34.2 Å². The average molecular weight is 494 g/mol. The van der Waals surface area contributed by atoms with E-state index >= 15 is 0 Å². The number of nitrogens with zero attached hydrogens (tertiary/aromatic N) is 3. The highest BCUT2D eigenvalue weighted by Crippen LogP contribution is 2.15. The van der Waals surface area contributed by atoms with Crippen LogP contribution in [-0.4, -0.2) is 76.0 Å². The van der Waals surface area contributed by atoms with Crippen LogP contribution in [0.4, 0.5) is 0 Å². The van der Waals surface area contributed by atoms with Crippen molar-refractivity contribution in [3.8, 4) is 0 Å². The third-order valence-corrected chi connectivity index (χ3v) is 4.66. The summed E-state index contributed by atoms with van der Waals surface area (Å²) in [4.78, 5) is 10.5. The summed E-state index contributed by atoms with van der Waals surface area (Å²) in [7, 11) is 5.96. The van der Waals surface area contributed by atoms with E-state index in [0.717, 1.165) is 51.7 Å². The number of likely N-dealkylation sites (N-methyl/N-ethyl adjacent to an activating group) is 1. The van der Waals surface area contributed by atoms with Gasteiger partial charge < -0.3 is 19.9 Å². The summed E-state index contributed by atoms with van der Waals surface area (Å²) in [6.45, 7) is 7.44. The molecule has 1 rings (SSSR count). The Hall–Kier alpha value is -0.510. The zero-order valence-corrected chi connectivity index (χ0v) is 20.0. The Morgan fingerprint density at radius 1 is 1.19 bits per heavy atom. The summed E-state index contributed by atoms with van der Waals surface area (Å²) >= 11 is 1.77. The molecular weight excluding hydrogens is 459 g/mol. The van der Waals surface area contributed by atoms with Gasteiger partial charge in [0, 0.05) is 45.2 Å². The monoisotopic (exact) mass is 494 g/mol. The summed E-state index contributed by atoms with van der Waals surface area (Å²) in [6.07, 6.45) is 3.15. The van der Waals surface area contributed by atoms with Crippen molar-refractivity contribution in [3.05, 3.63) is 29.8 Å². The molecule has 0 aliphatic heterocycles. The van der Waals surface area contributed by atoms with E-state index < -0.39 is 0 Å². The maximum atomic E-state index is 5.10. The first-order chi connectivity index (χ1) is 12.1. The minimum Gasteiger partial charge on any atom is -0.383 e. The number of ether oxygens (including phenoxy) is 1. The third-order valence-electron chi connectivity index (χ3n) is 3.91. The molecule has 0 atom stereocenters. The molecule has 0 aromatic heterocycles. The molecule has 26 heavy (non-hydrogen) atoms. The first kappa shape index (κ1) is 25.5. The number of methoxy groups -OCH3 is 1. The second kappa shape index (κ2) is 15.5.